The van der Waals surface area contributed by atoms with Gasteiger partial charge in [0.25, 0.3) is 0 Å². The van der Waals surface area contributed by atoms with E-state index in [9.17, 15) is 9.50 Å². The Morgan fingerprint density at radius 2 is 2.33 bits per heavy atom. The number of hydrogen-bond acceptors (Lipinski definition) is 5. The lowest BCUT2D eigenvalue weighted by Gasteiger charge is -2.27. The van der Waals surface area contributed by atoms with Crippen LogP contribution in [0.2, 0.25) is 0 Å². The smallest absolute Gasteiger partial charge is 0.244 e. The van der Waals surface area contributed by atoms with Crippen LogP contribution in [0.4, 0.5) is 4.39 Å². The molecule has 2 N–H and O–H groups in total. The van der Waals surface area contributed by atoms with Crippen molar-refractivity contribution in [3.05, 3.63) is 29.9 Å². The summed E-state index contributed by atoms with van der Waals surface area (Å²) in [5.74, 6) is 0.460. The first-order valence-electron chi connectivity index (χ1n) is 7.23. The lowest BCUT2D eigenvalue weighted by molar-refractivity contribution is 0.246. The highest BCUT2D eigenvalue weighted by molar-refractivity contribution is 5.55. The Morgan fingerprint density at radius 3 is 3.10 bits per heavy atom. The van der Waals surface area contributed by atoms with Gasteiger partial charge in [0, 0.05) is 5.56 Å². The Kier molecular flexibility index (Phi) is 3.88. The first-order chi connectivity index (χ1) is 10.2. The van der Waals surface area contributed by atoms with Gasteiger partial charge in [-0.05, 0) is 43.5 Å². The highest BCUT2D eigenvalue weighted by Crippen LogP contribution is 2.30. The van der Waals surface area contributed by atoms with Crippen LogP contribution < -0.4 is 5.32 Å². The van der Waals surface area contributed by atoms with Crippen LogP contribution in [0.25, 0.3) is 11.4 Å². The van der Waals surface area contributed by atoms with Crippen molar-refractivity contribution in [3.63, 3.8) is 0 Å². The van der Waals surface area contributed by atoms with Crippen LogP contribution in [0.5, 0.6) is 5.75 Å². The Labute approximate surface area is 122 Å². The van der Waals surface area contributed by atoms with Crippen molar-refractivity contribution in [2.24, 2.45) is 5.92 Å². The summed E-state index contributed by atoms with van der Waals surface area (Å²) in [5.41, 5.74) is 0.489. The number of piperidine rings is 1. The van der Waals surface area contributed by atoms with Gasteiger partial charge >= 0.3 is 0 Å². The van der Waals surface area contributed by atoms with Crippen molar-refractivity contribution >= 4 is 0 Å². The highest BCUT2D eigenvalue weighted by atomic mass is 19.1. The molecule has 5 nitrogen and oxygen atoms in total. The largest absolute Gasteiger partial charge is 0.505 e. The molecule has 0 amide bonds. The van der Waals surface area contributed by atoms with Crippen LogP contribution in [-0.2, 0) is 0 Å². The second kappa shape index (κ2) is 5.81. The quantitative estimate of drug-likeness (QED) is 0.909. The molecule has 3 rings (SSSR count). The van der Waals surface area contributed by atoms with Crippen LogP contribution in [0.15, 0.2) is 22.7 Å². The SMILES string of the molecule is CCC1CCNC(c2nc(-c3ccc(O)c(F)c3)no2)C1. The highest BCUT2D eigenvalue weighted by Gasteiger charge is 2.26. The third kappa shape index (κ3) is 2.90. The van der Waals surface area contributed by atoms with Gasteiger partial charge in [-0.25, -0.2) is 4.39 Å². The Hall–Kier alpha value is -1.95. The van der Waals surface area contributed by atoms with E-state index in [-0.39, 0.29) is 11.8 Å². The molecule has 2 heterocycles. The van der Waals surface area contributed by atoms with Crippen molar-refractivity contribution in [3.8, 4) is 17.1 Å². The molecule has 1 aliphatic heterocycles. The van der Waals surface area contributed by atoms with E-state index in [2.05, 4.69) is 22.4 Å². The molecule has 0 bridgehead atoms. The van der Waals surface area contributed by atoms with Crippen molar-refractivity contribution in [1.82, 2.24) is 15.5 Å². The van der Waals surface area contributed by atoms with E-state index in [1.807, 2.05) is 0 Å². The number of hydrogen-bond donors (Lipinski definition) is 2. The van der Waals surface area contributed by atoms with Crippen LogP contribution in [0, 0.1) is 11.7 Å². The summed E-state index contributed by atoms with van der Waals surface area (Å²) >= 11 is 0. The molecule has 1 aliphatic rings. The van der Waals surface area contributed by atoms with Gasteiger partial charge in [-0.1, -0.05) is 18.5 Å². The average molecular weight is 291 g/mol. The van der Waals surface area contributed by atoms with Gasteiger partial charge in [0.15, 0.2) is 11.6 Å². The molecule has 0 saturated carbocycles. The van der Waals surface area contributed by atoms with Gasteiger partial charge in [-0.15, -0.1) is 0 Å². The molecule has 0 aliphatic carbocycles. The van der Waals surface area contributed by atoms with Gasteiger partial charge in [0.05, 0.1) is 6.04 Å². The zero-order chi connectivity index (χ0) is 14.8. The van der Waals surface area contributed by atoms with Crippen LogP contribution in [0.3, 0.4) is 0 Å². The molecule has 0 spiro atoms. The molecule has 2 aromatic rings. The van der Waals surface area contributed by atoms with Crippen molar-refractivity contribution in [1.29, 1.82) is 0 Å². The number of rotatable bonds is 3. The van der Waals surface area contributed by atoms with Crippen LogP contribution in [0.1, 0.15) is 38.1 Å². The third-order valence-electron chi connectivity index (χ3n) is 4.04. The standard InChI is InChI=1S/C15H18FN3O2/c1-2-9-5-6-17-12(7-9)15-18-14(19-21-15)10-3-4-13(20)11(16)8-10/h3-4,8-9,12,17,20H,2,5-7H2,1H3. The number of nitrogens with zero attached hydrogens (tertiary/aromatic N) is 2. The maximum absolute atomic E-state index is 13.4. The predicted octanol–water partition coefficient (Wildman–Crippen LogP) is 3.03. The fourth-order valence-electron chi connectivity index (χ4n) is 2.70. The van der Waals surface area contributed by atoms with E-state index in [0.717, 1.165) is 25.8 Å². The number of phenolic OH excluding ortho intramolecular Hbond substituents is 1. The summed E-state index contributed by atoms with van der Waals surface area (Å²) in [4.78, 5) is 4.36. The topological polar surface area (TPSA) is 71.2 Å². The fraction of sp³-hybridized carbons (Fsp3) is 0.467. The minimum Gasteiger partial charge on any atom is -0.505 e. The normalized spacial score (nSPS) is 22.4. The van der Waals surface area contributed by atoms with Gasteiger partial charge < -0.3 is 14.9 Å². The Balaban J connectivity index is 1.81. The second-order valence-electron chi connectivity index (χ2n) is 5.43. The van der Waals surface area contributed by atoms with Crippen molar-refractivity contribution in [2.75, 3.05) is 6.54 Å². The Morgan fingerprint density at radius 1 is 1.48 bits per heavy atom. The molecular weight excluding hydrogens is 273 g/mol. The average Bonchev–Trinajstić information content (AvgIpc) is 3.00. The maximum atomic E-state index is 13.4. The fourth-order valence-corrected chi connectivity index (χ4v) is 2.70. The maximum Gasteiger partial charge on any atom is 0.244 e. The van der Waals surface area contributed by atoms with E-state index in [4.69, 9.17) is 4.52 Å². The zero-order valence-electron chi connectivity index (χ0n) is 11.8. The van der Waals surface area contributed by atoms with Crippen LogP contribution in [-0.4, -0.2) is 21.8 Å². The van der Waals surface area contributed by atoms with Crippen LogP contribution >= 0.6 is 0 Å². The summed E-state index contributed by atoms with van der Waals surface area (Å²) in [6.45, 7) is 3.13. The molecule has 0 radical (unpaired) electrons. The minimum atomic E-state index is -0.694. The van der Waals surface area contributed by atoms with E-state index < -0.39 is 5.82 Å². The molecule has 2 atom stereocenters. The lowest BCUT2D eigenvalue weighted by atomic mass is 9.90. The molecule has 2 unspecified atom stereocenters. The molecular formula is C15H18FN3O2. The summed E-state index contributed by atoms with van der Waals surface area (Å²) < 4.78 is 18.7. The number of aromatic nitrogens is 2. The first kappa shape index (κ1) is 14.0. The number of nitrogens with one attached hydrogen (secondary N) is 1. The van der Waals surface area contributed by atoms with E-state index >= 15 is 0 Å². The van der Waals surface area contributed by atoms with Crippen molar-refractivity contribution in [2.45, 2.75) is 32.2 Å². The van der Waals surface area contributed by atoms with Gasteiger partial charge in [0.2, 0.25) is 11.7 Å². The number of phenols is 1. The van der Waals surface area contributed by atoms with Gasteiger partial charge in [-0.3, -0.25) is 0 Å². The number of aromatic hydroxyl groups is 1. The lowest BCUT2D eigenvalue weighted by Crippen LogP contribution is -2.31. The summed E-state index contributed by atoms with van der Waals surface area (Å²) in [5, 5.41) is 16.5. The van der Waals surface area contributed by atoms with Crippen molar-refractivity contribution < 1.29 is 14.0 Å². The summed E-state index contributed by atoms with van der Waals surface area (Å²) in [6, 6.07) is 4.11. The molecule has 1 aromatic carbocycles. The Bertz CT molecular complexity index is 629. The molecule has 112 valence electrons. The molecule has 1 fully saturated rings. The predicted molar refractivity (Wildman–Crippen MR) is 75.1 cm³/mol. The minimum absolute atomic E-state index is 0.0620. The third-order valence-corrected chi connectivity index (χ3v) is 4.04. The van der Waals surface area contributed by atoms with Gasteiger partial charge in [0.1, 0.15) is 0 Å². The summed E-state index contributed by atoms with van der Waals surface area (Å²) in [6.07, 6.45) is 3.28. The number of benzene rings is 1. The van der Waals surface area contributed by atoms with E-state index in [1.54, 1.807) is 6.07 Å². The van der Waals surface area contributed by atoms with E-state index in [0.29, 0.717) is 23.2 Å². The molecule has 21 heavy (non-hydrogen) atoms. The number of halogens is 1. The van der Waals surface area contributed by atoms with E-state index in [1.165, 1.54) is 12.1 Å². The molecule has 6 heteroatoms. The monoisotopic (exact) mass is 291 g/mol. The second-order valence-corrected chi connectivity index (χ2v) is 5.43. The molecule has 1 aromatic heterocycles. The summed E-state index contributed by atoms with van der Waals surface area (Å²) in [7, 11) is 0. The first-order valence-corrected chi connectivity index (χ1v) is 7.23. The molecule has 1 saturated heterocycles. The van der Waals surface area contributed by atoms with Gasteiger partial charge in [-0.2, -0.15) is 4.98 Å². The zero-order valence-corrected chi connectivity index (χ0v) is 11.8.